The first-order valence-corrected chi connectivity index (χ1v) is 20.0. The van der Waals surface area contributed by atoms with Gasteiger partial charge in [-0.05, 0) is 100.0 Å². The van der Waals surface area contributed by atoms with Gasteiger partial charge in [0.05, 0.1) is 16.8 Å². The summed E-state index contributed by atoms with van der Waals surface area (Å²) in [6, 6.07) is 75.0. The van der Waals surface area contributed by atoms with Crippen molar-refractivity contribution in [3.63, 3.8) is 0 Å². The zero-order valence-corrected chi connectivity index (χ0v) is 33.7. The molecule has 8 aromatic rings. The Morgan fingerprint density at radius 3 is 1.51 bits per heavy atom. The second kappa shape index (κ2) is 18.7. The molecule has 9 rings (SSSR count). The molecule has 0 bridgehead atoms. The second-order valence-corrected chi connectivity index (χ2v) is 14.5. The average molecular weight is 761 g/mol. The maximum atomic E-state index is 8.05. The van der Waals surface area contributed by atoms with Crippen molar-refractivity contribution < 1.29 is 0 Å². The highest BCUT2D eigenvalue weighted by Crippen LogP contribution is 2.56. The Balaban J connectivity index is 0.000000211. The summed E-state index contributed by atoms with van der Waals surface area (Å²) in [6.07, 6.45) is 3.48. The van der Waals surface area contributed by atoms with Gasteiger partial charge in [-0.15, -0.1) is 6.58 Å². The van der Waals surface area contributed by atoms with Crippen LogP contribution in [0, 0.1) is 12.3 Å². The molecule has 2 heteroatoms. The van der Waals surface area contributed by atoms with Crippen molar-refractivity contribution in [2.75, 3.05) is 0 Å². The fraction of sp³-hybridized carbons (Fsp3) is 0.0526. The highest BCUT2D eigenvalue weighted by Gasteiger charge is 2.46. The lowest BCUT2D eigenvalue weighted by molar-refractivity contribution is 0.769. The molecular weight excluding hydrogens is 713 g/mol. The van der Waals surface area contributed by atoms with E-state index in [4.69, 9.17) is 5.41 Å². The van der Waals surface area contributed by atoms with E-state index in [1.54, 1.807) is 12.2 Å². The Morgan fingerprint density at radius 2 is 0.949 bits per heavy atom. The van der Waals surface area contributed by atoms with E-state index in [-0.39, 0.29) is 5.41 Å². The third-order valence-corrected chi connectivity index (χ3v) is 10.6. The molecule has 0 aliphatic heterocycles. The molecule has 0 aromatic heterocycles. The molecule has 0 unspecified atom stereocenters. The van der Waals surface area contributed by atoms with E-state index in [1.165, 1.54) is 61.2 Å². The molecule has 1 N–H and O–H groups in total. The van der Waals surface area contributed by atoms with Crippen molar-refractivity contribution in [2.24, 2.45) is 4.99 Å². The summed E-state index contributed by atoms with van der Waals surface area (Å²) in [4.78, 5) is 3.99. The molecule has 0 saturated carbocycles. The Labute approximate surface area is 349 Å². The van der Waals surface area contributed by atoms with Crippen LogP contribution in [-0.4, -0.2) is 12.4 Å². The van der Waals surface area contributed by atoms with Gasteiger partial charge in [-0.2, -0.15) is 0 Å². The zero-order valence-electron chi connectivity index (χ0n) is 33.7. The first kappa shape index (κ1) is 39.8. The predicted molar refractivity (Wildman–Crippen MR) is 252 cm³/mol. The molecule has 286 valence electrons. The summed E-state index contributed by atoms with van der Waals surface area (Å²) in [6.45, 7) is 11.0. The van der Waals surface area contributed by atoms with Gasteiger partial charge in [-0.25, -0.2) is 0 Å². The molecular formula is C57H48N2. The van der Waals surface area contributed by atoms with Crippen LogP contribution in [0.4, 0.5) is 0 Å². The minimum absolute atomic E-state index is 0.376. The van der Waals surface area contributed by atoms with Gasteiger partial charge in [0, 0.05) is 5.56 Å². The summed E-state index contributed by atoms with van der Waals surface area (Å²) in [7, 11) is 0. The van der Waals surface area contributed by atoms with Crippen molar-refractivity contribution in [1.82, 2.24) is 0 Å². The maximum Gasteiger partial charge on any atom is 0.0716 e. The highest BCUT2D eigenvalue weighted by atomic mass is 14.7. The lowest BCUT2D eigenvalue weighted by Crippen LogP contribution is -2.28. The van der Waals surface area contributed by atoms with E-state index in [0.717, 1.165) is 11.1 Å². The Kier molecular flexibility index (Phi) is 12.6. The Hall–Kier alpha value is -7.42. The topological polar surface area (TPSA) is 36.2 Å². The van der Waals surface area contributed by atoms with E-state index in [9.17, 15) is 0 Å². The molecule has 1 aliphatic carbocycles. The third-order valence-electron chi connectivity index (χ3n) is 10.6. The molecule has 0 fully saturated rings. The molecule has 8 aromatic carbocycles. The van der Waals surface area contributed by atoms with Gasteiger partial charge in [0.2, 0.25) is 0 Å². The van der Waals surface area contributed by atoms with Crippen LogP contribution in [0.25, 0.3) is 39.1 Å². The second-order valence-electron chi connectivity index (χ2n) is 14.5. The summed E-state index contributed by atoms with van der Waals surface area (Å²) in [5.41, 5.74) is 16.8. The number of aliphatic imine (C=N–C) groups is 1. The number of benzene rings is 8. The summed E-state index contributed by atoms with van der Waals surface area (Å²) >= 11 is 0. The quantitative estimate of drug-likeness (QED) is 0.118. The largest absolute Gasteiger partial charge is 0.300 e. The minimum atomic E-state index is -0.376. The normalized spacial score (nSPS) is 12.0. The van der Waals surface area contributed by atoms with Gasteiger partial charge >= 0.3 is 0 Å². The third kappa shape index (κ3) is 8.49. The fourth-order valence-electron chi connectivity index (χ4n) is 7.99. The number of aryl methyl sites for hydroxylation is 1. The van der Waals surface area contributed by atoms with E-state index in [1.807, 2.05) is 67.6 Å². The number of fused-ring (bicyclic) bond motifs is 3. The van der Waals surface area contributed by atoms with Crippen LogP contribution in [0.15, 0.2) is 236 Å². The van der Waals surface area contributed by atoms with Crippen molar-refractivity contribution in [3.8, 4) is 33.4 Å². The van der Waals surface area contributed by atoms with Gasteiger partial charge in [0.1, 0.15) is 0 Å². The summed E-state index contributed by atoms with van der Waals surface area (Å²) in [5.74, 6) is 0. The van der Waals surface area contributed by atoms with Gasteiger partial charge < -0.3 is 5.41 Å². The molecule has 0 radical (unpaired) electrons. The predicted octanol–water partition coefficient (Wildman–Crippen LogP) is 14.7. The van der Waals surface area contributed by atoms with Gasteiger partial charge in [-0.1, -0.05) is 212 Å². The van der Waals surface area contributed by atoms with Crippen molar-refractivity contribution in [2.45, 2.75) is 19.3 Å². The van der Waals surface area contributed by atoms with Crippen LogP contribution in [0.3, 0.4) is 0 Å². The first-order valence-electron chi connectivity index (χ1n) is 20.0. The monoisotopic (exact) mass is 760 g/mol. The maximum absolute atomic E-state index is 8.05. The molecule has 0 atom stereocenters. The summed E-state index contributed by atoms with van der Waals surface area (Å²) < 4.78 is 0. The number of nitrogens with zero attached hydrogens (tertiary/aromatic N) is 1. The molecule has 0 saturated heterocycles. The van der Waals surface area contributed by atoms with Gasteiger partial charge in [0.25, 0.3) is 0 Å². The van der Waals surface area contributed by atoms with E-state index >= 15 is 0 Å². The van der Waals surface area contributed by atoms with Crippen molar-refractivity contribution in [1.29, 1.82) is 5.41 Å². The lowest BCUT2D eigenvalue weighted by atomic mass is 9.67. The number of allylic oxidation sites excluding steroid dienone is 2. The minimum Gasteiger partial charge on any atom is -0.300 e. The molecule has 1 aliphatic rings. The SMILES string of the molecule is C=CC.C=N/C(=C\C(=N)c1ccccc1)c1ccccc1.Cc1cccc(-c2cccc(-c3ccc4c(c3)C(c3ccccc3)(c3ccccc3)c3ccccc3-4)c2)c1. The molecule has 59 heavy (non-hydrogen) atoms. The standard InChI is InChI=1S/C38H28.C16H14N2.C3H6/c1-27-12-10-13-28(24-27)29-14-11-15-30(25-29)31-22-23-35-34-20-8-9-21-36(34)38(37(35)26-31,32-16-4-2-5-17-32)33-18-6-3-7-19-33;1-18-16(14-10-6-3-7-11-14)12-15(17)13-8-4-2-5-9-13;1-3-2/h2-26H,1H3;2-12,17H,1H2;3H,1H2,2H3/b;16-12-,17-15?;. The summed E-state index contributed by atoms with van der Waals surface area (Å²) in [5, 5.41) is 8.05. The Bertz CT molecular complexity index is 2670. The average Bonchev–Trinajstić information content (AvgIpc) is 3.60. The lowest BCUT2D eigenvalue weighted by Gasteiger charge is -2.34. The van der Waals surface area contributed by atoms with Crippen LogP contribution in [-0.2, 0) is 5.41 Å². The van der Waals surface area contributed by atoms with Crippen LogP contribution in [0.5, 0.6) is 0 Å². The smallest absolute Gasteiger partial charge is 0.0716 e. The van der Waals surface area contributed by atoms with E-state index < -0.39 is 0 Å². The molecule has 0 amide bonds. The number of nitrogens with one attached hydrogen (secondary N) is 1. The number of rotatable bonds is 8. The van der Waals surface area contributed by atoms with E-state index in [0.29, 0.717) is 11.4 Å². The fourth-order valence-corrected chi connectivity index (χ4v) is 7.99. The van der Waals surface area contributed by atoms with Crippen LogP contribution >= 0.6 is 0 Å². The molecule has 0 heterocycles. The van der Waals surface area contributed by atoms with Crippen LogP contribution in [0.1, 0.15) is 45.9 Å². The molecule has 2 nitrogen and oxygen atoms in total. The number of hydrogen-bond donors (Lipinski definition) is 1. The number of hydrogen-bond acceptors (Lipinski definition) is 2. The van der Waals surface area contributed by atoms with Crippen molar-refractivity contribution in [3.05, 3.63) is 270 Å². The van der Waals surface area contributed by atoms with Gasteiger partial charge in [-0.3, -0.25) is 4.99 Å². The van der Waals surface area contributed by atoms with Crippen LogP contribution in [0.2, 0.25) is 0 Å². The first-order chi connectivity index (χ1) is 29.0. The molecule has 0 spiro atoms. The highest BCUT2D eigenvalue weighted by molar-refractivity contribution is 6.10. The van der Waals surface area contributed by atoms with Crippen molar-refractivity contribution >= 4 is 18.1 Å². The van der Waals surface area contributed by atoms with Crippen LogP contribution < -0.4 is 0 Å². The van der Waals surface area contributed by atoms with E-state index in [2.05, 4.69) is 177 Å². The Morgan fingerprint density at radius 1 is 0.492 bits per heavy atom. The zero-order chi connectivity index (χ0) is 41.0. The van der Waals surface area contributed by atoms with Gasteiger partial charge in [0.15, 0.2) is 0 Å².